The van der Waals surface area contributed by atoms with Gasteiger partial charge in [-0.15, -0.1) is 0 Å². The summed E-state index contributed by atoms with van der Waals surface area (Å²) in [6, 6.07) is 8.77. The molecule has 2 aromatic rings. The molecule has 0 bridgehead atoms. The van der Waals surface area contributed by atoms with Gasteiger partial charge >= 0.3 is 5.97 Å². The molecule has 31 heavy (non-hydrogen) atoms. The second-order valence-electron chi connectivity index (χ2n) is 6.17. The summed E-state index contributed by atoms with van der Waals surface area (Å²) in [6.45, 7) is 3.74. The average Bonchev–Trinajstić information content (AvgIpc) is 2.74. The number of nitrogens with one attached hydrogen (secondary N) is 1. The van der Waals surface area contributed by atoms with Gasteiger partial charge in [0, 0.05) is 18.2 Å². The first kappa shape index (κ1) is 23.7. The predicted octanol–water partition coefficient (Wildman–Crippen LogP) is 4.24. The minimum Gasteiger partial charge on any atom is -0.493 e. The smallest absolute Gasteiger partial charge is 0.331 e. The lowest BCUT2D eigenvalue weighted by Crippen LogP contribution is -2.29. The largest absolute Gasteiger partial charge is 0.493 e. The lowest BCUT2D eigenvalue weighted by atomic mass is 10.2. The minimum atomic E-state index is -1.13. The fourth-order valence-corrected chi connectivity index (χ4v) is 2.67. The molecule has 0 spiro atoms. The molecule has 0 saturated carbocycles. The van der Waals surface area contributed by atoms with Gasteiger partial charge in [-0.25, -0.2) is 4.79 Å². The third kappa shape index (κ3) is 6.71. The van der Waals surface area contributed by atoms with Crippen molar-refractivity contribution in [3.8, 4) is 11.5 Å². The molecule has 1 atom stereocenters. The number of ether oxygens (including phenoxy) is 3. The highest BCUT2D eigenvalue weighted by atomic mass is 35.5. The van der Waals surface area contributed by atoms with Crippen LogP contribution in [0, 0.1) is 10.1 Å². The Morgan fingerprint density at radius 3 is 2.58 bits per heavy atom. The maximum Gasteiger partial charge on any atom is 0.331 e. The first-order valence-corrected chi connectivity index (χ1v) is 9.57. The lowest BCUT2D eigenvalue weighted by molar-refractivity contribution is -0.384. The fourth-order valence-electron chi connectivity index (χ4n) is 2.45. The third-order valence-corrected chi connectivity index (χ3v) is 4.30. The number of nitrogens with zero attached hydrogens (tertiary/aromatic N) is 1. The van der Waals surface area contributed by atoms with Gasteiger partial charge in [0.1, 0.15) is 0 Å². The molecule has 1 unspecified atom stereocenters. The van der Waals surface area contributed by atoms with E-state index in [1.54, 1.807) is 18.2 Å². The Bertz CT molecular complexity index is 1010. The average molecular weight is 449 g/mol. The van der Waals surface area contributed by atoms with E-state index in [9.17, 15) is 19.7 Å². The normalized spacial score (nSPS) is 11.6. The third-order valence-electron chi connectivity index (χ3n) is 3.98. The Hall–Kier alpha value is -3.59. The van der Waals surface area contributed by atoms with Crippen molar-refractivity contribution in [3.05, 3.63) is 63.2 Å². The van der Waals surface area contributed by atoms with Crippen molar-refractivity contribution in [2.24, 2.45) is 0 Å². The maximum atomic E-state index is 12.2. The first-order valence-electron chi connectivity index (χ1n) is 9.19. The molecule has 0 heterocycles. The van der Waals surface area contributed by atoms with E-state index in [1.807, 2.05) is 6.92 Å². The van der Waals surface area contributed by atoms with Crippen LogP contribution in [0.5, 0.6) is 11.5 Å². The molecule has 1 N–H and O–H groups in total. The van der Waals surface area contributed by atoms with E-state index in [-0.39, 0.29) is 16.4 Å². The van der Waals surface area contributed by atoms with E-state index < -0.39 is 22.9 Å². The van der Waals surface area contributed by atoms with E-state index in [1.165, 1.54) is 38.3 Å². The van der Waals surface area contributed by atoms with Gasteiger partial charge in [0.15, 0.2) is 17.6 Å². The van der Waals surface area contributed by atoms with Crippen LogP contribution in [0.1, 0.15) is 19.4 Å². The molecule has 0 aliphatic carbocycles. The van der Waals surface area contributed by atoms with Gasteiger partial charge in [-0.05, 0) is 43.7 Å². The van der Waals surface area contributed by atoms with Crippen molar-refractivity contribution < 1.29 is 28.7 Å². The van der Waals surface area contributed by atoms with Crippen LogP contribution >= 0.6 is 11.6 Å². The Kier molecular flexibility index (Phi) is 8.39. The van der Waals surface area contributed by atoms with Gasteiger partial charge < -0.3 is 19.5 Å². The Labute approximate surface area is 183 Å². The van der Waals surface area contributed by atoms with Gasteiger partial charge in [-0.1, -0.05) is 17.7 Å². The quantitative estimate of drug-likeness (QED) is 0.264. The molecule has 0 radical (unpaired) electrons. The zero-order valence-electron chi connectivity index (χ0n) is 17.1. The summed E-state index contributed by atoms with van der Waals surface area (Å²) in [6.07, 6.45) is 1.56. The van der Waals surface area contributed by atoms with E-state index in [4.69, 9.17) is 25.8 Å². The molecule has 9 nitrogen and oxygen atoms in total. The molecule has 0 saturated heterocycles. The van der Waals surface area contributed by atoms with Crippen molar-refractivity contribution in [2.75, 3.05) is 19.0 Å². The second kappa shape index (κ2) is 11.0. The van der Waals surface area contributed by atoms with Gasteiger partial charge in [-0.3, -0.25) is 14.9 Å². The van der Waals surface area contributed by atoms with Gasteiger partial charge in [0.05, 0.1) is 29.4 Å². The van der Waals surface area contributed by atoms with Crippen LogP contribution in [-0.2, 0) is 14.3 Å². The molecule has 1 amide bonds. The number of anilines is 1. The van der Waals surface area contributed by atoms with E-state index >= 15 is 0 Å². The maximum absolute atomic E-state index is 12.2. The molecular weight excluding hydrogens is 428 g/mol. The predicted molar refractivity (Wildman–Crippen MR) is 115 cm³/mol. The number of halogens is 1. The monoisotopic (exact) mass is 448 g/mol. The highest BCUT2D eigenvalue weighted by molar-refractivity contribution is 6.34. The number of hydrogen-bond acceptors (Lipinski definition) is 7. The standard InChI is InChI=1S/C21H21ClN2O7/c1-4-30-18-9-5-14(11-19(18)29-3)6-10-20(25)31-13(2)21(26)23-17-8-7-15(24(27)28)12-16(17)22/h5-13H,4H2,1-3H3,(H,23,26). The molecule has 0 aliphatic rings. The van der Waals surface area contributed by atoms with Crippen LogP contribution in [0.4, 0.5) is 11.4 Å². The molecule has 2 aromatic carbocycles. The molecule has 164 valence electrons. The number of nitro groups is 1. The zero-order chi connectivity index (χ0) is 23.0. The van der Waals surface area contributed by atoms with Crippen LogP contribution < -0.4 is 14.8 Å². The Morgan fingerprint density at radius 2 is 1.97 bits per heavy atom. The van der Waals surface area contributed by atoms with E-state index in [2.05, 4.69) is 5.32 Å². The molecule has 2 rings (SSSR count). The number of carbonyl (C=O) groups is 2. The summed E-state index contributed by atoms with van der Waals surface area (Å²) in [5.74, 6) is -0.268. The SMILES string of the molecule is CCOc1ccc(C=CC(=O)OC(C)C(=O)Nc2ccc([N+](=O)[O-])cc2Cl)cc1OC. The molecule has 0 aliphatic heterocycles. The second-order valence-corrected chi connectivity index (χ2v) is 6.57. The van der Waals surface area contributed by atoms with Gasteiger partial charge in [0.2, 0.25) is 0 Å². The summed E-state index contributed by atoms with van der Waals surface area (Å²) in [4.78, 5) is 34.4. The fraction of sp³-hybridized carbons (Fsp3) is 0.238. The topological polar surface area (TPSA) is 117 Å². The van der Waals surface area contributed by atoms with E-state index in [0.29, 0.717) is 23.7 Å². The molecule has 10 heteroatoms. The number of esters is 1. The van der Waals surface area contributed by atoms with Crippen LogP contribution in [0.2, 0.25) is 5.02 Å². The molecular formula is C21H21ClN2O7. The molecule has 0 aromatic heterocycles. The Balaban J connectivity index is 1.97. The number of methoxy groups -OCH3 is 1. The van der Waals surface area contributed by atoms with Gasteiger partial charge in [0.25, 0.3) is 11.6 Å². The van der Waals surface area contributed by atoms with Crippen molar-refractivity contribution in [1.82, 2.24) is 0 Å². The zero-order valence-corrected chi connectivity index (χ0v) is 17.8. The highest BCUT2D eigenvalue weighted by Crippen LogP contribution is 2.29. The summed E-state index contributed by atoms with van der Waals surface area (Å²) >= 11 is 5.94. The number of benzene rings is 2. The Morgan fingerprint density at radius 1 is 1.23 bits per heavy atom. The number of amides is 1. The van der Waals surface area contributed by atoms with Crippen molar-refractivity contribution in [2.45, 2.75) is 20.0 Å². The summed E-state index contributed by atoms with van der Waals surface area (Å²) in [7, 11) is 1.51. The number of non-ortho nitro benzene ring substituents is 1. The van der Waals surface area contributed by atoms with Crippen LogP contribution in [0.3, 0.4) is 0 Å². The van der Waals surface area contributed by atoms with Gasteiger partial charge in [-0.2, -0.15) is 0 Å². The molecule has 0 fully saturated rings. The number of nitro benzene ring substituents is 1. The summed E-state index contributed by atoms with van der Waals surface area (Å²) in [5.41, 5.74) is 0.628. The number of carbonyl (C=O) groups excluding carboxylic acids is 2. The van der Waals surface area contributed by atoms with Crippen molar-refractivity contribution >= 4 is 40.9 Å². The number of rotatable bonds is 9. The van der Waals surface area contributed by atoms with Crippen molar-refractivity contribution in [1.29, 1.82) is 0 Å². The lowest BCUT2D eigenvalue weighted by Gasteiger charge is -2.13. The number of hydrogen-bond donors (Lipinski definition) is 1. The first-order chi connectivity index (χ1) is 14.7. The van der Waals surface area contributed by atoms with Crippen LogP contribution in [0.15, 0.2) is 42.5 Å². The summed E-state index contributed by atoms with van der Waals surface area (Å²) in [5, 5.41) is 13.2. The van der Waals surface area contributed by atoms with Crippen molar-refractivity contribution in [3.63, 3.8) is 0 Å². The minimum absolute atomic E-state index is 0.00887. The van der Waals surface area contributed by atoms with Crippen LogP contribution in [0.25, 0.3) is 6.08 Å². The highest BCUT2D eigenvalue weighted by Gasteiger charge is 2.19. The van der Waals surface area contributed by atoms with Crippen LogP contribution in [-0.4, -0.2) is 36.6 Å². The van der Waals surface area contributed by atoms with E-state index in [0.717, 1.165) is 6.07 Å². The summed E-state index contributed by atoms with van der Waals surface area (Å²) < 4.78 is 15.8.